The van der Waals surface area contributed by atoms with Crippen molar-refractivity contribution in [1.29, 1.82) is 0 Å². The summed E-state index contributed by atoms with van der Waals surface area (Å²) in [7, 11) is 0. The number of ether oxygens (including phenoxy) is 1. The Hall–Kier alpha value is -2.29. The number of rotatable bonds is 3. The van der Waals surface area contributed by atoms with Crippen molar-refractivity contribution in [2.45, 2.75) is 32.8 Å². The number of anilines is 1. The molecular formula is C19H21NO2. The monoisotopic (exact) mass is 295 g/mol. The van der Waals surface area contributed by atoms with Gasteiger partial charge in [-0.2, -0.15) is 0 Å². The van der Waals surface area contributed by atoms with Crippen LogP contribution < -0.4 is 9.64 Å². The van der Waals surface area contributed by atoms with Gasteiger partial charge in [-0.3, -0.25) is 4.79 Å². The van der Waals surface area contributed by atoms with E-state index in [2.05, 4.69) is 6.07 Å². The Kier molecular flexibility index (Phi) is 4.14. The van der Waals surface area contributed by atoms with Crippen molar-refractivity contribution >= 4 is 11.6 Å². The van der Waals surface area contributed by atoms with Crippen molar-refractivity contribution < 1.29 is 9.53 Å². The number of para-hydroxylation sites is 2. The van der Waals surface area contributed by atoms with Crippen molar-refractivity contribution in [3.63, 3.8) is 0 Å². The van der Waals surface area contributed by atoms with Crippen LogP contribution in [0.1, 0.15) is 24.5 Å². The van der Waals surface area contributed by atoms with Crippen LogP contribution in [0.25, 0.3) is 0 Å². The lowest BCUT2D eigenvalue weighted by atomic mass is 10.0. The maximum atomic E-state index is 12.8. The standard InChI is InChI=1S/C19H21NO2/c1-14-8-3-6-12-18(14)22-15(2)19(21)20-13-7-10-16-9-4-5-11-17(16)20/h3-6,8-9,11-12,15H,7,10,13H2,1-2H3/t15-/m1/s1. The van der Waals surface area contributed by atoms with Crippen LogP contribution in [0.15, 0.2) is 48.5 Å². The van der Waals surface area contributed by atoms with E-state index in [0.29, 0.717) is 0 Å². The Morgan fingerprint density at radius 1 is 1.14 bits per heavy atom. The SMILES string of the molecule is Cc1ccccc1O[C@H](C)C(=O)N1CCCc2ccccc21. The van der Waals surface area contributed by atoms with Gasteiger partial charge < -0.3 is 9.64 Å². The Balaban J connectivity index is 1.78. The minimum absolute atomic E-state index is 0.0235. The fourth-order valence-corrected chi connectivity index (χ4v) is 2.91. The zero-order valence-electron chi connectivity index (χ0n) is 13.1. The summed E-state index contributed by atoms with van der Waals surface area (Å²) in [6.45, 7) is 4.58. The number of fused-ring (bicyclic) bond motifs is 1. The highest BCUT2D eigenvalue weighted by molar-refractivity contribution is 5.97. The largest absolute Gasteiger partial charge is 0.481 e. The predicted octanol–water partition coefficient (Wildman–Crippen LogP) is 3.74. The third-order valence-corrected chi connectivity index (χ3v) is 4.12. The second kappa shape index (κ2) is 6.22. The van der Waals surface area contributed by atoms with Gasteiger partial charge in [0.05, 0.1) is 0 Å². The van der Waals surface area contributed by atoms with Crippen molar-refractivity contribution in [1.82, 2.24) is 0 Å². The smallest absolute Gasteiger partial charge is 0.267 e. The molecule has 1 atom stereocenters. The van der Waals surface area contributed by atoms with Gasteiger partial charge in [-0.15, -0.1) is 0 Å². The van der Waals surface area contributed by atoms with Gasteiger partial charge in [-0.25, -0.2) is 0 Å². The van der Waals surface area contributed by atoms with Crippen LogP contribution in [0.3, 0.4) is 0 Å². The molecule has 2 aromatic rings. The molecule has 0 saturated carbocycles. The van der Waals surface area contributed by atoms with Gasteiger partial charge in [0.15, 0.2) is 6.10 Å². The predicted molar refractivity (Wildman–Crippen MR) is 88.4 cm³/mol. The van der Waals surface area contributed by atoms with E-state index in [-0.39, 0.29) is 5.91 Å². The van der Waals surface area contributed by atoms with Crippen molar-refractivity contribution in [2.75, 3.05) is 11.4 Å². The summed E-state index contributed by atoms with van der Waals surface area (Å²) >= 11 is 0. The van der Waals surface area contributed by atoms with Crippen LogP contribution in [0, 0.1) is 6.92 Å². The molecule has 0 radical (unpaired) electrons. The normalized spacial score (nSPS) is 15.1. The van der Waals surface area contributed by atoms with E-state index in [9.17, 15) is 4.79 Å². The molecule has 0 fully saturated rings. The van der Waals surface area contributed by atoms with Gasteiger partial charge in [0.25, 0.3) is 5.91 Å². The van der Waals surface area contributed by atoms with E-state index in [1.807, 2.05) is 61.2 Å². The fraction of sp³-hybridized carbons (Fsp3) is 0.316. The van der Waals surface area contributed by atoms with Crippen molar-refractivity contribution in [3.8, 4) is 5.75 Å². The molecule has 1 aliphatic heterocycles. The molecule has 0 N–H and O–H groups in total. The molecule has 22 heavy (non-hydrogen) atoms. The van der Waals surface area contributed by atoms with Crippen molar-refractivity contribution in [2.24, 2.45) is 0 Å². The molecule has 114 valence electrons. The summed E-state index contributed by atoms with van der Waals surface area (Å²) in [4.78, 5) is 14.6. The highest BCUT2D eigenvalue weighted by atomic mass is 16.5. The van der Waals surface area contributed by atoms with E-state index in [4.69, 9.17) is 4.74 Å². The molecule has 0 unspecified atom stereocenters. The van der Waals surface area contributed by atoms with Gasteiger partial charge >= 0.3 is 0 Å². The molecule has 2 aromatic carbocycles. The number of carbonyl (C=O) groups is 1. The zero-order chi connectivity index (χ0) is 15.5. The van der Waals surface area contributed by atoms with Crippen LogP contribution in [0.4, 0.5) is 5.69 Å². The molecule has 0 aliphatic carbocycles. The molecule has 3 nitrogen and oxygen atoms in total. The number of hydrogen-bond acceptors (Lipinski definition) is 2. The third-order valence-electron chi connectivity index (χ3n) is 4.12. The van der Waals surface area contributed by atoms with Crippen LogP contribution >= 0.6 is 0 Å². The molecule has 0 aromatic heterocycles. The molecule has 1 amide bonds. The molecule has 0 bridgehead atoms. The average Bonchev–Trinajstić information content (AvgIpc) is 2.55. The van der Waals surface area contributed by atoms with Crippen LogP contribution in [-0.4, -0.2) is 18.6 Å². The summed E-state index contributed by atoms with van der Waals surface area (Å²) in [5.74, 6) is 0.795. The van der Waals surface area contributed by atoms with Gasteiger partial charge in [0, 0.05) is 12.2 Å². The van der Waals surface area contributed by atoms with Crippen LogP contribution in [0.2, 0.25) is 0 Å². The summed E-state index contributed by atoms with van der Waals surface area (Å²) in [6, 6.07) is 15.9. The lowest BCUT2D eigenvalue weighted by Crippen LogP contribution is -2.43. The first-order chi connectivity index (χ1) is 10.7. The Morgan fingerprint density at radius 2 is 1.86 bits per heavy atom. The molecule has 1 heterocycles. The van der Waals surface area contributed by atoms with E-state index in [0.717, 1.165) is 36.4 Å². The number of benzene rings is 2. The number of nitrogens with zero attached hydrogens (tertiary/aromatic N) is 1. The molecule has 0 spiro atoms. The van der Waals surface area contributed by atoms with Gasteiger partial charge in [-0.05, 0) is 49.9 Å². The molecule has 0 saturated heterocycles. The van der Waals surface area contributed by atoms with E-state index in [1.54, 1.807) is 0 Å². The summed E-state index contributed by atoms with van der Waals surface area (Å²) < 4.78 is 5.88. The average molecular weight is 295 g/mol. The number of amides is 1. The van der Waals surface area contributed by atoms with E-state index < -0.39 is 6.10 Å². The maximum Gasteiger partial charge on any atom is 0.267 e. The first-order valence-corrected chi connectivity index (χ1v) is 7.78. The number of aryl methyl sites for hydroxylation is 2. The second-order valence-corrected chi connectivity index (χ2v) is 5.75. The molecule has 3 rings (SSSR count). The lowest BCUT2D eigenvalue weighted by molar-refractivity contribution is -0.124. The minimum atomic E-state index is -0.493. The van der Waals surface area contributed by atoms with Gasteiger partial charge in [0.1, 0.15) is 5.75 Å². The van der Waals surface area contributed by atoms with Crippen molar-refractivity contribution in [3.05, 3.63) is 59.7 Å². The Labute approximate surface area is 131 Å². The van der Waals surface area contributed by atoms with Crippen LogP contribution in [0.5, 0.6) is 5.75 Å². The highest BCUT2D eigenvalue weighted by Crippen LogP contribution is 2.28. The molecule has 3 heteroatoms. The first-order valence-electron chi connectivity index (χ1n) is 7.78. The van der Waals surface area contributed by atoms with E-state index in [1.165, 1.54) is 5.56 Å². The maximum absolute atomic E-state index is 12.8. The summed E-state index contributed by atoms with van der Waals surface area (Å²) in [6.07, 6.45) is 1.54. The summed E-state index contributed by atoms with van der Waals surface area (Å²) in [5.41, 5.74) is 3.31. The van der Waals surface area contributed by atoms with Crippen LogP contribution in [-0.2, 0) is 11.2 Å². The zero-order valence-corrected chi connectivity index (χ0v) is 13.1. The van der Waals surface area contributed by atoms with Gasteiger partial charge in [0.2, 0.25) is 0 Å². The summed E-state index contributed by atoms with van der Waals surface area (Å²) in [5, 5.41) is 0. The second-order valence-electron chi connectivity index (χ2n) is 5.75. The fourth-order valence-electron chi connectivity index (χ4n) is 2.91. The number of hydrogen-bond donors (Lipinski definition) is 0. The lowest BCUT2D eigenvalue weighted by Gasteiger charge is -2.31. The van der Waals surface area contributed by atoms with E-state index >= 15 is 0 Å². The quantitative estimate of drug-likeness (QED) is 0.863. The Morgan fingerprint density at radius 3 is 2.68 bits per heavy atom. The Bertz CT molecular complexity index is 681. The third kappa shape index (κ3) is 2.84. The number of carbonyl (C=O) groups excluding carboxylic acids is 1. The first kappa shape index (κ1) is 14.6. The molecule has 1 aliphatic rings. The topological polar surface area (TPSA) is 29.5 Å². The minimum Gasteiger partial charge on any atom is -0.481 e. The van der Waals surface area contributed by atoms with Gasteiger partial charge in [-0.1, -0.05) is 36.4 Å². The molecular weight excluding hydrogens is 274 g/mol. The highest BCUT2D eigenvalue weighted by Gasteiger charge is 2.27.